The molecule has 1 aliphatic heterocycles. The summed E-state index contributed by atoms with van der Waals surface area (Å²) in [6.07, 6.45) is 2.05. The van der Waals surface area contributed by atoms with E-state index >= 15 is 0 Å². The smallest absolute Gasteiger partial charge is 0.291 e. The summed E-state index contributed by atoms with van der Waals surface area (Å²) in [7, 11) is -1.52. The Morgan fingerprint density at radius 3 is 2.74 bits per heavy atom. The van der Waals surface area contributed by atoms with Crippen molar-refractivity contribution in [2.75, 3.05) is 11.5 Å². The molecule has 8 nitrogen and oxygen atoms in total. The molecule has 0 bridgehead atoms. The van der Waals surface area contributed by atoms with Crippen molar-refractivity contribution in [1.82, 2.24) is 19.7 Å². The predicted molar refractivity (Wildman–Crippen MR) is 102 cm³/mol. The molecule has 1 fully saturated rings. The van der Waals surface area contributed by atoms with Gasteiger partial charge in [-0.15, -0.1) is 0 Å². The minimum absolute atomic E-state index is 0.0374. The highest BCUT2D eigenvalue weighted by Crippen LogP contribution is 2.29. The number of fused-ring (bicyclic) bond motifs is 3. The van der Waals surface area contributed by atoms with E-state index in [1.807, 2.05) is 24.3 Å². The maximum atomic E-state index is 12.8. The molecule has 142 valence electrons. The Bertz CT molecular complexity index is 1230. The Balaban J connectivity index is 1.81. The normalized spacial score (nSPS) is 20.1. The molecular formula is C18H20N4O4S. The van der Waals surface area contributed by atoms with Crippen LogP contribution in [-0.2, 0) is 21.7 Å². The second kappa shape index (κ2) is 6.19. The first-order chi connectivity index (χ1) is 12.8. The van der Waals surface area contributed by atoms with Gasteiger partial charge >= 0.3 is 0 Å². The molecule has 3 aromatic rings. The summed E-state index contributed by atoms with van der Waals surface area (Å²) in [6, 6.07) is 6.41. The Hall–Kier alpha value is -2.68. The number of para-hydroxylation sites is 1. The van der Waals surface area contributed by atoms with Crippen LogP contribution in [0.1, 0.15) is 19.4 Å². The van der Waals surface area contributed by atoms with E-state index in [4.69, 9.17) is 0 Å². The first-order valence-electron chi connectivity index (χ1n) is 8.74. The summed E-state index contributed by atoms with van der Waals surface area (Å²) >= 11 is 0. The van der Waals surface area contributed by atoms with E-state index < -0.39 is 15.9 Å². The lowest BCUT2D eigenvalue weighted by Gasteiger charge is -2.19. The van der Waals surface area contributed by atoms with Crippen molar-refractivity contribution in [3.05, 3.63) is 40.8 Å². The summed E-state index contributed by atoms with van der Waals surface area (Å²) in [5.74, 6) is -0.253. The Kier molecular flexibility index (Phi) is 4.06. The molecule has 0 saturated carbocycles. The van der Waals surface area contributed by atoms with Gasteiger partial charge in [0.15, 0.2) is 9.84 Å². The van der Waals surface area contributed by atoms with E-state index in [2.05, 4.69) is 10.4 Å². The van der Waals surface area contributed by atoms with Crippen LogP contribution in [0.5, 0.6) is 0 Å². The topological polar surface area (TPSA) is 103 Å². The highest BCUT2D eigenvalue weighted by atomic mass is 32.2. The number of nitrogens with zero attached hydrogens (tertiary/aromatic N) is 3. The molecule has 1 aliphatic rings. The average molecular weight is 388 g/mol. The Morgan fingerprint density at radius 1 is 1.30 bits per heavy atom. The predicted octanol–water partition coefficient (Wildman–Crippen LogP) is 0.752. The zero-order valence-corrected chi connectivity index (χ0v) is 15.9. The molecule has 1 aromatic carbocycles. The van der Waals surface area contributed by atoms with Gasteiger partial charge in [0.05, 0.1) is 23.2 Å². The van der Waals surface area contributed by atoms with E-state index in [1.54, 1.807) is 24.7 Å². The second-order valence-corrected chi connectivity index (χ2v) is 9.24. The molecule has 2 atom stereocenters. The molecule has 27 heavy (non-hydrogen) atoms. The van der Waals surface area contributed by atoms with E-state index in [-0.39, 0.29) is 29.0 Å². The minimum atomic E-state index is -3.09. The quantitative estimate of drug-likeness (QED) is 0.713. The summed E-state index contributed by atoms with van der Waals surface area (Å²) in [5.41, 5.74) is 0.890. The third kappa shape index (κ3) is 2.91. The number of aryl methyl sites for hydroxylation is 1. The number of carbonyl (C=O) groups excluding carboxylic acids is 1. The molecule has 0 spiro atoms. The van der Waals surface area contributed by atoms with Gasteiger partial charge < -0.3 is 9.88 Å². The van der Waals surface area contributed by atoms with Crippen LogP contribution in [0.4, 0.5) is 0 Å². The Labute approximate surface area is 155 Å². The number of carbonyl (C=O) groups is 1. The Morgan fingerprint density at radius 2 is 2.04 bits per heavy atom. The van der Waals surface area contributed by atoms with Gasteiger partial charge in [0.25, 0.3) is 5.56 Å². The van der Waals surface area contributed by atoms with Crippen molar-refractivity contribution in [2.45, 2.75) is 25.4 Å². The average Bonchev–Trinajstić information content (AvgIpc) is 3.14. The molecule has 4 rings (SSSR count). The van der Waals surface area contributed by atoms with E-state index in [9.17, 15) is 18.0 Å². The number of nitrogens with one attached hydrogen (secondary N) is 1. The van der Waals surface area contributed by atoms with Crippen LogP contribution < -0.4 is 10.9 Å². The number of amides is 1. The van der Waals surface area contributed by atoms with Gasteiger partial charge in [-0.1, -0.05) is 18.2 Å². The van der Waals surface area contributed by atoms with Crippen LogP contribution in [0, 0.1) is 0 Å². The van der Waals surface area contributed by atoms with E-state index in [0.717, 1.165) is 10.9 Å². The van der Waals surface area contributed by atoms with Crippen LogP contribution in [-0.4, -0.2) is 46.2 Å². The zero-order chi connectivity index (χ0) is 19.3. The maximum Gasteiger partial charge on any atom is 0.291 e. The first-order valence-corrected chi connectivity index (χ1v) is 10.6. The number of aromatic nitrogens is 3. The zero-order valence-electron chi connectivity index (χ0n) is 15.0. The standard InChI is InChI=1S/C18H20N4O4S/c1-11(17(23)20-12-7-8-27(25,26)10-12)22-15-6-4-3-5-13(15)14-9-19-21(2)18(24)16(14)22/h3-6,9,11-12H,7-8,10H2,1-2H3,(H,20,23)/t11-,12-/m1/s1. The SMILES string of the molecule is C[C@H](C(=O)N[C@@H]1CCS(=O)(=O)C1)n1c2ccccc2c2cnn(C)c(=O)c21. The van der Waals surface area contributed by atoms with Crippen LogP contribution in [0.15, 0.2) is 35.3 Å². The molecule has 2 aromatic heterocycles. The fourth-order valence-electron chi connectivity index (χ4n) is 3.74. The van der Waals surface area contributed by atoms with Crippen LogP contribution in [0.25, 0.3) is 21.8 Å². The summed E-state index contributed by atoms with van der Waals surface area (Å²) in [5, 5.41) is 8.46. The molecule has 0 radical (unpaired) electrons. The van der Waals surface area contributed by atoms with E-state index in [0.29, 0.717) is 17.3 Å². The van der Waals surface area contributed by atoms with Gasteiger partial charge in [-0.25, -0.2) is 13.1 Å². The molecule has 3 heterocycles. The molecule has 0 unspecified atom stereocenters. The van der Waals surface area contributed by atoms with Crippen molar-refractivity contribution >= 4 is 37.6 Å². The van der Waals surface area contributed by atoms with Crippen molar-refractivity contribution < 1.29 is 13.2 Å². The third-order valence-electron chi connectivity index (χ3n) is 5.15. The van der Waals surface area contributed by atoms with Crippen LogP contribution in [0.2, 0.25) is 0 Å². The fraction of sp³-hybridized carbons (Fsp3) is 0.389. The molecular weight excluding hydrogens is 368 g/mol. The van der Waals surface area contributed by atoms with Crippen LogP contribution in [0.3, 0.4) is 0 Å². The first kappa shape index (κ1) is 17.7. The number of sulfone groups is 1. The summed E-state index contributed by atoms with van der Waals surface area (Å²) < 4.78 is 26.2. The highest BCUT2D eigenvalue weighted by Gasteiger charge is 2.31. The third-order valence-corrected chi connectivity index (χ3v) is 6.92. The second-order valence-electron chi connectivity index (χ2n) is 7.01. The fourth-order valence-corrected chi connectivity index (χ4v) is 5.41. The van der Waals surface area contributed by atoms with Gasteiger partial charge in [0.1, 0.15) is 11.6 Å². The summed E-state index contributed by atoms with van der Waals surface area (Å²) in [6.45, 7) is 1.71. The maximum absolute atomic E-state index is 12.8. The highest BCUT2D eigenvalue weighted by molar-refractivity contribution is 7.91. The minimum Gasteiger partial charge on any atom is -0.351 e. The number of rotatable bonds is 3. The van der Waals surface area contributed by atoms with Crippen molar-refractivity contribution in [2.24, 2.45) is 7.05 Å². The lowest BCUT2D eigenvalue weighted by molar-refractivity contribution is -0.124. The van der Waals surface area contributed by atoms with Gasteiger partial charge in [0.2, 0.25) is 5.91 Å². The molecule has 1 N–H and O–H groups in total. The number of hydrogen-bond acceptors (Lipinski definition) is 5. The van der Waals surface area contributed by atoms with Crippen molar-refractivity contribution in [3.8, 4) is 0 Å². The van der Waals surface area contributed by atoms with Crippen molar-refractivity contribution in [1.29, 1.82) is 0 Å². The monoisotopic (exact) mass is 388 g/mol. The van der Waals surface area contributed by atoms with Gasteiger partial charge in [-0.05, 0) is 19.4 Å². The van der Waals surface area contributed by atoms with Gasteiger partial charge in [-0.3, -0.25) is 9.59 Å². The largest absolute Gasteiger partial charge is 0.351 e. The van der Waals surface area contributed by atoms with Gasteiger partial charge in [-0.2, -0.15) is 5.10 Å². The van der Waals surface area contributed by atoms with Gasteiger partial charge in [0, 0.05) is 23.9 Å². The lowest BCUT2D eigenvalue weighted by atomic mass is 10.2. The van der Waals surface area contributed by atoms with E-state index in [1.165, 1.54) is 4.68 Å². The number of hydrogen-bond donors (Lipinski definition) is 1. The molecule has 0 aliphatic carbocycles. The van der Waals surface area contributed by atoms with Crippen molar-refractivity contribution in [3.63, 3.8) is 0 Å². The lowest BCUT2D eigenvalue weighted by Crippen LogP contribution is -2.40. The molecule has 1 amide bonds. The number of benzene rings is 1. The summed E-state index contributed by atoms with van der Waals surface area (Å²) in [4.78, 5) is 25.6. The molecule has 1 saturated heterocycles. The van der Waals surface area contributed by atoms with Crippen LogP contribution >= 0.6 is 0 Å². The molecule has 9 heteroatoms.